The van der Waals surface area contributed by atoms with Crippen molar-refractivity contribution in [1.29, 1.82) is 0 Å². The first-order chi connectivity index (χ1) is 12.5. The maximum atomic E-state index is 12.5. The van der Waals surface area contributed by atoms with E-state index in [0.717, 1.165) is 22.4 Å². The van der Waals surface area contributed by atoms with Gasteiger partial charge in [0.1, 0.15) is 12.4 Å². The fourth-order valence-electron chi connectivity index (χ4n) is 2.62. The van der Waals surface area contributed by atoms with Gasteiger partial charge in [-0.1, -0.05) is 6.07 Å². The van der Waals surface area contributed by atoms with E-state index in [4.69, 9.17) is 4.74 Å². The Morgan fingerprint density at radius 3 is 2.54 bits per heavy atom. The summed E-state index contributed by atoms with van der Waals surface area (Å²) in [5.41, 5.74) is 3.14. The fourth-order valence-corrected chi connectivity index (χ4v) is 2.62. The van der Waals surface area contributed by atoms with Gasteiger partial charge in [0.2, 0.25) is 0 Å². The van der Waals surface area contributed by atoms with Gasteiger partial charge in [0.25, 0.3) is 5.91 Å². The van der Waals surface area contributed by atoms with Crippen molar-refractivity contribution in [2.75, 3.05) is 5.32 Å². The Hall–Kier alpha value is -3.41. The van der Waals surface area contributed by atoms with Crippen LogP contribution < -0.4 is 10.1 Å². The summed E-state index contributed by atoms with van der Waals surface area (Å²) in [6, 6.07) is 10.4. The van der Waals surface area contributed by atoms with Crippen LogP contribution in [0.5, 0.6) is 11.5 Å². The van der Waals surface area contributed by atoms with Gasteiger partial charge in [-0.3, -0.25) is 9.78 Å². The maximum Gasteiger partial charge on any atom is 0.256 e. The first kappa shape index (κ1) is 17.4. The van der Waals surface area contributed by atoms with Gasteiger partial charge >= 0.3 is 0 Å². The van der Waals surface area contributed by atoms with Crippen molar-refractivity contribution in [1.82, 2.24) is 9.97 Å². The lowest BCUT2D eigenvalue weighted by Crippen LogP contribution is -2.14. The van der Waals surface area contributed by atoms with Crippen molar-refractivity contribution in [2.24, 2.45) is 0 Å². The van der Waals surface area contributed by atoms with Crippen LogP contribution in [0.25, 0.3) is 0 Å². The molecule has 3 aromatic rings. The zero-order valence-corrected chi connectivity index (χ0v) is 14.6. The van der Waals surface area contributed by atoms with E-state index in [2.05, 4.69) is 15.3 Å². The summed E-state index contributed by atoms with van der Waals surface area (Å²) in [6.07, 6.45) is 4.97. The van der Waals surface area contributed by atoms with E-state index in [1.807, 2.05) is 26.0 Å². The SMILES string of the molecule is Cc1cc(C(=O)Nc2ncccc2O)cc(C)c1OCc1cccnc1. The summed E-state index contributed by atoms with van der Waals surface area (Å²) < 4.78 is 5.90. The van der Waals surface area contributed by atoms with E-state index >= 15 is 0 Å². The number of carbonyl (C=O) groups excluding carboxylic acids is 1. The second-order valence-corrected chi connectivity index (χ2v) is 5.91. The molecule has 2 aromatic heterocycles. The first-order valence-electron chi connectivity index (χ1n) is 8.13. The van der Waals surface area contributed by atoms with Gasteiger partial charge in [-0.05, 0) is 55.3 Å². The van der Waals surface area contributed by atoms with Crippen LogP contribution in [-0.2, 0) is 6.61 Å². The molecule has 0 fully saturated rings. The lowest BCUT2D eigenvalue weighted by atomic mass is 10.0. The molecule has 2 heterocycles. The molecule has 0 aliphatic carbocycles. The number of nitrogens with one attached hydrogen (secondary N) is 1. The van der Waals surface area contributed by atoms with E-state index < -0.39 is 0 Å². The molecule has 1 amide bonds. The molecule has 6 nitrogen and oxygen atoms in total. The molecule has 6 heteroatoms. The van der Waals surface area contributed by atoms with Crippen LogP contribution in [0.1, 0.15) is 27.0 Å². The van der Waals surface area contributed by atoms with Gasteiger partial charge < -0.3 is 15.2 Å². The monoisotopic (exact) mass is 349 g/mol. The number of aromatic nitrogens is 2. The lowest BCUT2D eigenvalue weighted by Gasteiger charge is -2.14. The van der Waals surface area contributed by atoms with Gasteiger partial charge in [-0.15, -0.1) is 0 Å². The summed E-state index contributed by atoms with van der Waals surface area (Å²) in [4.78, 5) is 20.5. The molecule has 0 bridgehead atoms. The number of aromatic hydroxyl groups is 1. The number of hydrogen-bond acceptors (Lipinski definition) is 5. The molecule has 0 atom stereocenters. The average molecular weight is 349 g/mol. The van der Waals surface area contributed by atoms with Crippen molar-refractivity contribution in [3.63, 3.8) is 0 Å². The molecule has 0 aliphatic heterocycles. The molecule has 0 spiro atoms. The standard InChI is InChI=1S/C20H19N3O3/c1-13-9-16(20(25)23-19-17(24)6-4-8-22-19)10-14(2)18(13)26-12-15-5-3-7-21-11-15/h3-11,24H,12H2,1-2H3,(H,22,23,25). The van der Waals surface area contributed by atoms with Gasteiger partial charge in [-0.25, -0.2) is 4.98 Å². The molecule has 26 heavy (non-hydrogen) atoms. The Labute approximate surface area is 151 Å². The highest BCUT2D eigenvalue weighted by Gasteiger charge is 2.14. The number of anilines is 1. The van der Waals surface area contributed by atoms with Crippen LogP contribution in [0.3, 0.4) is 0 Å². The maximum absolute atomic E-state index is 12.5. The first-order valence-corrected chi connectivity index (χ1v) is 8.13. The van der Waals surface area contributed by atoms with Crippen LogP contribution in [-0.4, -0.2) is 21.0 Å². The van der Waals surface area contributed by atoms with Crippen molar-refractivity contribution in [3.8, 4) is 11.5 Å². The number of aryl methyl sites for hydroxylation is 2. The summed E-state index contributed by atoms with van der Waals surface area (Å²) >= 11 is 0. The van der Waals surface area contributed by atoms with Crippen molar-refractivity contribution in [2.45, 2.75) is 20.5 Å². The molecule has 132 valence electrons. The minimum atomic E-state index is -0.344. The fraction of sp³-hybridized carbons (Fsp3) is 0.150. The molecule has 0 aliphatic rings. The van der Waals surface area contributed by atoms with E-state index in [-0.39, 0.29) is 17.5 Å². The second kappa shape index (κ2) is 7.65. The number of nitrogens with zero attached hydrogens (tertiary/aromatic N) is 2. The zero-order chi connectivity index (χ0) is 18.5. The Morgan fingerprint density at radius 2 is 1.88 bits per heavy atom. The molecule has 3 rings (SSSR count). The third-order valence-corrected chi connectivity index (χ3v) is 3.85. The average Bonchev–Trinajstić information content (AvgIpc) is 2.63. The molecular weight excluding hydrogens is 330 g/mol. The highest BCUT2D eigenvalue weighted by molar-refractivity contribution is 6.04. The Kier molecular flexibility index (Phi) is 5.12. The zero-order valence-electron chi connectivity index (χ0n) is 14.6. The number of ether oxygens (including phenoxy) is 1. The summed E-state index contributed by atoms with van der Waals surface area (Å²) in [6.45, 7) is 4.18. The summed E-state index contributed by atoms with van der Waals surface area (Å²) in [5, 5.41) is 12.3. The molecule has 0 radical (unpaired) electrons. The van der Waals surface area contributed by atoms with Crippen molar-refractivity contribution < 1.29 is 14.6 Å². The lowest BCUT2D eigenvalue weighted by molar-refractivity contribution is 0.102. The van der Waals surface area contributed by atoms with Crippen LogP contribution in [0, 0.1) is 13.8 Å². The van der Waals surface area contributed by atoms with E-state index in [1.165, 1.54) is 12.3 Å². The largest absolute Gasteiger partial charge is 0.504 e. The molecular formula is C20H19N3O3. The highest BCUT2D eigenvalue weighted by Crippen LogP contribution is 2.27. The molecule has 1 aromatic carbocycles. The number of pyridine rings is 2. The van der Waals surface area contributed by atoms with Gasteiger partial charge in [-0.2, -0.15) is 0 Å². The van der Waals surface area contributed by atoms with Gasteiger partial charge in [0.05, 0.1) is 0 Å². The minimum Gasteiger partial charge on any atom is -0.504 e. The Balaban J connectivity index is 1.76. The van der Waals surface area contributed by atoms with Crippen LogP contribution >= 0.6 is 0 Å². The third kappa shape index (κ3) is 3.97. The Bertz CT molecular complexity index is 904. The topological polar surface area (TPSA) is 84.3 Å². The number of hydrogen-bond donors (Lipinski definition) is 2. The number of amides is 1. The van der Waals surface area contributed by atoms with Crippen molar-refractivity contribution in [3.05, 3.63) is 77.2 Å². The van der Waals surface area contributed by atoms with Crippen LogP contribution in [0.4, 0.5) is 5.82 Å². The molecule has 0 saturated heterocycles. The number of benzene rings is 1. The highest BCUT2D eigenvalue weighted by atomic mass is 16.5. The third-order valence-electron chi connectivity index (χ3n) is 3.85. The van der Waals surface area contributed by atoms with Crippen LogP contribution in [0.15, 0.2) is 55.0 Å². The number of rotatable bonds is 5. The quantitative estimate of drug-likeness (QED) is 0.735. The van der Waals surface area contributed by atoms with Crippen molar-refractivity contribution >= 4 is 11.7 Å². The van der Waals surface area contributed by atoms with Gasteiger partial charge in [0, 0.05) is 29.7 Å². The minimum absolute atomic E-state index is 0.0780. The molecule has 0 saturated carbocycles. The van der Waals surface area contributed by atoms with Gasteiger partial charge in [0.15, 0.2) is 11.6 Å². The normalized spacial score (nSPS) is 10.4. The molecule has 2 N–H and O–H groups in total. The van der Waals surface area contributed by atoms with E-state index in [0.29, 0.717) is 12.2 Å². The Morgan fingerprint density at radius 1 is 1.15 bits per heavy atom. The van der Waals surface area contributed by atoms with E-state index in [1.54, 1.807) is 30.6 Å². The summed E-state index contributed by atoms with van der Waals surface area (Å²) in [5.74, 6) is 0.450. The number of carbonyl (C=O) groups is 1. The summed E-state index contributed by atoms with van der Waals surface area (Å²) in [7, 11) is 0. The second-order valence-electron chi connectivity index (χ2n) is 5.91. The smallest absolute Gasteiger partial charge is 0.256 e. The predicted molar refractivity (Wildman–Crippen MR) is 98.3 cm³/mol. The molecule has 0 unspecified atom stereocenters. The predicted octanol–water partition coefficient (Wildman–Crippen LogP) is 3.63. The van der Waals surface area contributed by atoms with Crippen LogP contribution in [0.2, 0.25) is 0 Å². The van der Waals surface area contributed by atoms with E-state index in [9.17, 15) is 9.90 Å².